The Morgan fingerprint density at radius 3 is 1.24 bits per heavy atom. The molecule has 3 aromatic rings. The Morgan fingerprint density at radius 1 is 0.524 bits per heavy atom. The SMILES string of the molecule is CC(C)(C)OC(=O)NC1CCC(=O)CC1.CC(C)/C(=C\c1ccccc1)[C@H]1C[C@@H]1N.CC(C)/C(=C\c1ccccc1)[C@H]1C[C@@H]1NC1CCC(CC(=O)OC(C)(C)C)CC1.CC(C)/C(=C\c1ccccc1)[C@H]1C[C@@H]1NC1CCC(N)CC1.Cl. The molecule has 10 nitrogen and oxygen atoms in total. The third-order valence-corrected chi connectivity index (χ3v) is 16.8. The van der Waals surface area contributed by atoms with Crippen LogP contribution in [0.4, 0.5) is 4.79 Å². The molecule has 7 N–H and O–H groups in total. The standard InChI is InChI=1S/C26H39NO2.C20H30N2.C14H19N.C11H19NO3.ClH/c1-18(2)22(15-19-9-7-6-8-10-19)23-17-24(23)27-21-13-11-20(12-14-21)16-25(28)29-26(3,4)5;1-14(2)18(12-15-6-4-3-5-7-15)19-13-20(19)22-17-10-8-16(21)9-11-17;1-10(2)12(13-9-14(13)15)8-11-6-4-3-5-7-11;1-11(2,3)15-10(14)12-8-4-6-9(13)7-5-8;/h6-10,15,18,20-21,23-24,27H,11-14,16-17H2,1-5H3;3-7,12,14,16-17,19-20,22H,8-11,13,21H2,1-2H3;3-8,10,13-14H,9,15H2,1-2H3;8H,4-7H2,1-3H3,(H,12,14);1H/b22-15+;18-12+;12-8+;;/t20?,21?,23-,24+;16?,17?,19-,20+;13-,14+;;/m111../s1. The molecule has 9 rings (SSSR count). The Labute approximate surface area is 502 Å². The molecule has 6 atom stereocenters. The number of nitrogens with two attached hydrogens (primary N) is 2. The number of Topliss-reactive ketones (excluding diaryl/α,β-unsaturated/α-hetero) is 1. The van der Waals surface area contributed by atoms with Crippen LogP contribution in [0.5, 0.6) is 0 Å². The first kappa shape index (κ1) is 68.2. The number of halogens is 1. The highest BCUT2D eigenvalue weighted by molar-refractivity contribution is 5.85. The van der Waals surface area contributed by atoms with Crippen molar-refractivity contribution in [2.24, 2.45) is 52.9 Å². The fourth-order valence-corrected chi connectivity index (χ4v) is 12.0. The van der Waals surface area contributed by atoms with Gasteiger partial charge in [-0.15, -0.1) is 12.4 Å². The van der Waals surface area contributed by atoms with Gasteiger partial charge in [-0.1, -0.05) is 167 Å². The summed E-state index contributed by atoms with van der Waals surface area (Å²) in [6.45, 7) is 25.1. The molecule has 0 spiro atoms. The van der Waals surface area contributed by atoms with Crippen LogP contribution in [0.15, 0.2) is 108 Å². The first-order chi connectivity index (χ1) is 38.4. The number of hydrogen-bond acceptors (Lipinski definition) is 9. The van der Waals surface area contributed by atoms with Gasteiger partial charge in [-0.3, -0.25) is 9.59 Å². The maximum Gasteiger partial charge on any atom is 0.407 e. The summed E-state index contributed by atoms with van der Waals surface area (Å²) in [7, 11) is 0. The molecule has 11 heteroatoms. The second-order valence-corrected chi connectivity index (χ2v) is 27.4. The molecule has 3 aromatic carbocycles. The van der Waals surface area contributed by atoms with Gasteiger partial charge in [-0.05, 0) is 183 Å². The van der Waals surface area contributed by atoms with Crippen LogP contribution in [-0.2, 0) is 19.1 Å². The quantitative estimate of drug-likeness (QED) is 0.0881. The molecular weight excluding hydrogens is 1040 g/mol. The zero-order valence-corrected chi connectivity index (χ0v) is 53.2. The van der Waals surface area contributed by atoms with Crippen molar-refractivity contribution in [3.63, 3.8) is 0 Å². The molecule has 454 valence electrons. The Hall–Kier alpha value is -4.58. The summed E-state index contributed by atoms with van der Waals surface area (Å²) in [6.07, 6.45) is 23.1. The average Bonchev–Trinajstić information content (AvgIpc) is 4.51. The first-order valence-electron chi connectivity index (χ1n) is 31.5. The van der Waals surface area contributed by atoms with Gasteiger partial charge in [-0.2, -0.15) is 0 Å². The number of carbonyl (C=O) groups excluding carboxylic acids is 3. The minimum atomic E-state index is -0.464. The topological polar surface area (TPSA) is 158 Å². The first-order valence-corrected chi connectivity index (χ1v) is 31.5. The van der Waals surface area contributed by atoms with Crippen molar-refractivity contribution in [2.45, 2.75) is 239 Å². The molecule has 0 saturated heterocycles. The van der Waals surface area contributed by atoms with E-state index in [-0.39, 0.29) is 41.9 Å². The van der Waals surface area contributed by atoms with Crippen LogP contribution in [0.2, 0.25) is 0 Å². The Bertz CT molecular complexity index is 2470. The van der Waals surface area contributed by atoms with E-state index in [2.05, 4.69) is 167 Å². The monoisotopic (exact) mass is 1150 g/mol. The van der Waals surface area contributed by atoms with Crippen molar-refractivity contribution in [3.8, 4) is 0 Å². The second-order valence-electron chi connectivity index (χ2n) is 27.4. The molecule has 1 amide bonds. The van der Waals surface area contributed by atoms with Gasteiger partial charge in [0.15, 0.2) is 0 Å². The lowest BCUT2D eigenvalue weighted by Gasteiger charge is -2.30. The zero-order valence-electron chi connectivity index (χ0n) is 52.4. The lowest BCUT2D eigenvalue weighted by atomic mass is 9.84. The summed E-state index contributed by atoms with van der Waals surface area (Å²) in [4.78, 5) is 34.5. The van der Waals surface area contributed by atoms with Crippen molar-refractivity contribution in [1.29, 1.82) is 0 Å². The van der Waals surface area contributed by atoms with E-state index < -0.39 is 5.60 Å². The number of benzene rings is 3. The number of amides is 1. The van der Waals surface area contributed by atoms with Crippen LogP contribution in [0, 0.1) is 41.4 Å². The van der Waals surface area contributed by atoms with Gasteiger partial charge in [0.05, 0.1) is 0 Å². The number of ether oxygens (including phenoxy) is 2. The van der Waals surface area contributed by atoms with Gasteiger partial charge in [0.2, 0.25) is 0 Å². The second kappa shape index (κ2) is 32.6. The molecule has 0 aromatic heterocycles. The van der Waals surface area contributed by atoms with Gasteiger partial charge in [0, 0.05) is 61.6 Å². The summed E-state index contributed by atoms with van der Waals surface area (Å²) in [5, 5.41) is 10.6. The van der Waals surface area contributed by atoms with E-state index in [0.29, 0.717) is 91.0 Å². The summed E-state index contributed by atoms with van der Waals surface area (Å²) in [6, 6.07) is 35.5. The molecule has 6 aliphatic carbocycles. The van der Waals surface area contributed by atoms with E-state index in [0.717, 1.165) is 38.0 Å². The maximum atomic E-state index is 12.1. The van der Waals surface area contributed by atoms with Crippen molar-refractivity contribution in [1.82, 2.24) is 16.0 Å². The number of hydrogen-bond donors (Lipinski definition) is 5. The average molecular weight is 1150 g/mol. The van der Waals surface area contributed by atoms with Crippen LogP contribution in [0.3, 0.4) is 0 Å². The Kier molecular flexibility index (Phi) is 27.1. The van der Waals surface area contributed by atoms with Crippen LogP contribution in [0.25, 0.3) is 18.2 Å². The number of nitrogens with one attached hydrogen (secondary N) is 3. The van der Waals surface area contributed by atoms with Gasteiger partial charge < -0.3 is 36.9 Å². The molecule has 0 radical (unpaired) electrons. The fourth-order valence-electron chi connectivity index (χ4n) is 12.0. The highest BCUT2D eigenvalue weighted by Crippen LogP contribution is 2.44. The minimum absolute atomic E-state index is 0. The highest BCUT2D eigenvalue weighted by atomic mass is 35.5. The Morgan fingerprint density at radius 2 is 0.890 bits per heavy atom. The molecule has 0 bridgehead atoms. The van der Waals surface area contributed by atoms with Crippen LogP contribution >= 0.6 is 12.4 Å². The van der Waals surface area contributed by atoms with E-state index in [9.17, 15) is 14.4 Å². The molecule has 6 saturated carbocycles. The number of rotatable bonds is 16. The van der Waals surface area contributed by atoms with Crippen LogP contribution < -0.4 is 27.4 Å². The van der Waals surface area contributed by atoms with Crippen LogP contribution in [0.1, 0.15) is 203 Å². The number of alkyl carbamates (subject to hydrolysis) is 1. The summed E-state index contributed by atoms with van der Waals surface area (Å²) >= 11 is 0. The van der Waals surface area contributed by atoms with E-state index >= 15 is 0 Å². The third-order valence-electron chi connectivity index (χ3n) is 16.8. The van der Waals surface area contributed by atoms with E-state index in [1.165, 1.54) is 73.6 Å². The smallest absolute Gasteiger partial charge is 0.407 e. The molecule has 0 aliphatic heterocycles. The third kappa shape index (κ3) is 24.9. The minimum Gasteiger partial charge on any atom is -0.460 e. The molecule has 82 heavy (non-hydrogen) atoms. The van der Waals surface area contributed by atoms with Gasteiger partial charge in [-0.25, -0.2) is 4.79 Å². The molecule has 0 unspecified atom stereocenters. The van der Waals surface area contributed by atoms with E-state index in [1.54, 1.807) is 11.1 Å². The van der Waals surface area contributed by atoms with Crippen molar-refractivity contribution in [3.05, 3.63) is 124 Å². The van der Waals surface area contributed by atoms with E-state index in [1.807, 2.05) is 41.5 Å². The lowest BCUT2D eigenvalue weighted by Crippen LogP contribution is -2.40. The summed E-state index contributed by atoms with van der Waals surface area (Å²) in [5.41, 5.74) is 19.7. The van der Waals surface area contributed by atoms with Crippen molar-refractivity contribution < 1.29 is 23.9 Å². The number of carbonyl (C=O) groups is 3. The molecular formula is C71H108ClN5O5. The summed E-state index contributed by atoms with van der Waals surface area (Å²) in [5.74, 6) is 4.58. The predicted molar refractivity (Wildman–Crippen MR) is 344 cm³/mol. The molecule has 0 heterocycles. The fraction of sp³-hybridized carbons (Fsp3) is 0.620. The molecule has 6 fully saturated rings. The van der Waals surface area contributed by atoms with Gasteiger partial charge in [0.1, 0.15) is 17.0 Å². The van der Waals surface area contributed by atoms with Crippen molar-refractivity contribution >= 4 is 48.5 Å². The van der Waals surface area contributed by atoms with Gasteiger partial charge in [0.25, 0.3) is 0 Å². The summed E-state index contributed by atoms with van der Waals surface area (Å²) < 4.78 is 10.6. The normalized spacial score (nSPS) is 26.6. The maximum absolute atomic E-state index is 12.1. The Balaban J connectivity index is 0.000000207. The number of ketones is 1. The van der Waals surface area contributed by atoms with Crippen molar-refractivity contribution in [2.75, 3.05) is 0 Å². The van der Waals surface area contributed by atoms with E-state index in [4.69, 9.17) is 20.9 Å². The van der Waals surface area contributed by atoms with Crippen LogP contribution in [-0.4, -0.2) is 71.3 Å². The molecule has 6 aliphatic rings. The predicted octanol–water partition coefficient (Wildman–Crippen LogP) is 15.5. The number of esters is 1. The van der Waals surface area contributed by atoms with Gasteiger partial charge >= 0.3 is 12.1 Å². The largest absolute Gasteiger partial charge is 0.460 e. The highest BCUT2D eigenvalue weighted by Gasteiger charge is 2.43. The zero-order chi connectivity index (χ0) is 58.9. The lowest BCUT2D eigenvalue weighted by molar-refractivity contribution is -0.156.